The van der Waals surface area contributed by atoms with Crippen LogP contribution in [-0.4, -0.2) is 52.0 Å². The van der Waals surface area contributed by atoms with Crippen LogP contribution in [0.15, 0.2) is 0 Å². The summed E-state index contributed by atoms with van der Waals surface area (Å²) in [6, 6.07) is -2.81. The number of amides is 3. The number of carboxylic acids is 2. The molecular weight excluding hydrogens is 286 g/mol. The van der Waals surface area contributed by atoms with Gasteiger partial charge >= 0.3 is 11.9 Å². The van der Waals surface area contributed by atoms with Gasteiger partial charge in [0.25, 0.3) is 0 Å². The van der Waals surface area contributed by atoms with Crippen molar-refractivity contribution < 1.29 is 34.2 Å². The van der Waals surface area contributed by atoms with Gasteiger partial charge in [-0.2, -0.15) is 0 Å². The van der Waals surface area contributed by atoms with Crippen LogP contribution in [0.3, 0.4) is 0 Å². The number of aliphatic carboxylic acids is 2. The van der Waals surface area contributed by atoms with Gasteiger partial charge in [0.05, 0.1) is 6.42 Å². The predicted octanol–water partition coefficient (Wildman–Crippen LogP) is -2.20. The SMILES string of the molecule is CC(=O)N[C@@H](CC(=O)O)C(=O)N[C@@H](CCC(N)=O)C(=O)O. The molecular formula is C11H17N3O7. The molecule has 0 bridgehead atoms. The van der Waals surface area contributed by atoms with E-state index in [-0.39, 0.29) is 12.8 Å². The van der Waals surface area contributed by atoms with Crippen molar-refractivity contribution in [3.05, 3.63) is 0 Å². The summed E-state index contributed by atoms with van der Waals surface area (Å²) < 4.78 is 0. The first-order valence-corrected chi connectivity index (χ1v) is 5.93. The van der Waals surface area contributed by atoms with E-state index in [9.17, 15) is 24.0 Å². The molecule has 0 aliphatic rings. The monoisotopic (exact) mass is 303 g/mol. The third-order valence-corrected chi connectivity index (χ3v) is 2.37. The molecule has 0 saturated carbocycles. The second-order valence-corrected chi connectivity index (χ2v) is 4.26. The number of hydrogen-bond donors (Lipinski definition) is 5. The Kier molecular flexibility index (Phi) is 7.43. The molecule has 2 atom stereocenters. The first-order valence-electron chi connectivity index (χ1n) is 5.93. The molecule has 0 saturated heterocycles. The predicted molar refractivity (Wildman–Crippen MR) is 67.9 cm³/mol. The van der Waals surface area contributed by atoms with Crippen LogP contribution in [0.25, 0.3) is 0 Å². The van der Waals surface area contributed by atoms with Gasteiger partial charge in [0.1, 0.15) is 12.1 Å². The van der Waals surface area contributed by atoms with Crippen LogP contribution in [0.2, 0.25) is 0 Å². The van der Waals surface area contributed by atoms with Crippen molar-refractivity contribution in [2.24, 2.45) is 5.73 Å². The molecule has 118 valence electrons. The van der Waals surface area contributed by atoms with Crippen molar-refractivity contribution in [1.82, 2.24) is 10.6 Å². The lowest BCUT2D eigenvalue weighted by Crippen LogP contribution is -2.52. The fourth-order valence-electron chi connectivity index (χ4n) is 1.45. The molecule has 0 aliphatic carbocycles. The zero-order valence-corrected chi connectivity index (χ0v) is 11.3. The molecule has 0 aromatic heterocycles. The molecule has 10 nitrogen and oxygen atoms in total. The molecule has 0 aliphatic heterocycles. The Morgan fingerprint density at radius 3 is 2.00 bits per heavy atom. The highest BCUT2D eigenvalue weighted by Crippen LogP contribution is 2.00. The molecule has 0 aromatic rings. The quantitative estimate of drug-likeness (QED) is 0.321. The Bertz CT molecular complexity index is 433. The van der Waals surface area contributed by atoms with Crippen LogP contribution < -0.4 is 16.4 Å². The molecule has 0 heterocycles. The van der Waals surface area contributed by atoms with E-state index >= 15 is 0 Å². The first-order chi connectivity index (χ1) is 9.63. The van der Waals surface area contributed by atoms with Gasteiger partial charge < -0.3 is 26.6 Å². The Morgan fingerprint density at radius 2 is 1.62 bits per heavy atom. The van der Waals surface area contributed by atoms with Crippen molar-refractivity contribution in [2.75, 3.05) is 0 Å². The maximum absolute atomic E-state index is 11.8. The lowest BCUT2D eigenvalue weighted by molar-refractivity contribution is -0.143. The Labute approximate surface area is 119 Å². The zero-order chi connectivity index (χ0) is 16.6. The van der Waals surface area contributed by atoms with Crippen molar-refractivity contribution in [1.29, 1.82) is 0 Å². The fraction of sp³-hybridized carbons (Fsp3) is 0.545. The number of nitrogens with one attached hydrogen (secondary N) is 2. The van der Waals surface area contributed by atoms with Gasteiger partial charge in [-0.1, -0.05) is 0 Å². The summed E-state index contributed by atoms with van der Waals surface area (Å²) in [5, 5.41) is 21.7. The van der Waals surface area contributed by atoms with Crippen LogP contribution >= 0.6 is 0 Å². The largest absolute Gasteiger partial charge is 0.481 e. The summed E-state index contributed by atoms with van der Waals surface area (Å²) in [6.07, 6.45) is -1.20. The third-order valence-electron chi connectivity index (χ3n) is 2.37. The molecule has 0 aromatic carbocycles. The summed E-state index contributed by atoms with van der Waals surface area (Å²) in [5.41, 5.74) is 4.88. The van der Waals surface area contributed by atoms with E-state index in [1.165, 1.54) is 0 Å². The van der Waals surface area contributed by atoms with Gasteiger partial charge in [0, 0.05) is 13.3 Å². The van der Waals surface area contributed by atoms with Crippen LogP contribution in [0, 0.1) is 0 Å². The van der Waals surface area contributed by atoms with Gasteiger partial charge in [-0.05, 0) is 6.42 Å². The molecule has 21 heavy (non-hydrogen) atoms. The average molecular weight is 303 g/mol. The van der Waals surface area contributed by atoms with E-state index < -0.39 is 48.2 Å². The second-order valence-electron chi connectivity index (χ2n) is 4.26. The number of primary amides is 1. The van der Waals surface area contributed by atoms with E-state index in [4.69, 9.17) is 15.9 Å². The topological polar surface area (TPSA) is 176 Å². The Balaban J connectivity index is 4.80. The average Bonchev–Trinajstić information content (AvgIpc) is 2.31. The normalized spacial score (nSPS) is 12.8. The number of carboxylic acid groups (broad SMARTS) is 2. The molecule has 0 fully saturated rings. The van der Waals surface area contributed by atoms with Crippen LogP contribution in [0.1, 0.15) is 26.2 Å². The Hall–Kier alpha value is -2.65. The van der Waals surface area contributed by atoms with Gasteiger partial charge in [0.15, 0.2) is 0 Å². The standard InChI is InChI=1S/C11H17N3O7/c1-5(15)13-7(4-9(17)18)10(19)14-6(11(20)21)2-3-8(12)16/h6-7H,2-4H2,1H3,(H2,12,16)(H,13,15)(H,14,19)(H,17,18)(H,20,21)/t6-,7-/m0/s1. The van der Waals surface area contributed by atoms with Crippen molar-refractivity contribution >= 4 is 29.7 Å². The summed E-state index contributed by atoms with van der Waals surface area (Å²) in [5.74, 6) is -5.08. The molecule has 0 radical (unpaired) electrons. The minimum Gasteiger partial charge on any atom is -0.481 e. The zero-order valence-electron chi connectivity index (χ0n) is 11.3. The lowest BCUT2D eigenvalue weighted by Gasteiger charge is -2.19. The molecule has 3 amide bonds. The molecule has 0 rings (SSSR count). The summed E-state index contributed by atoms with van der Waals surface area (Å²) >= 11 is 0. The number of carbonyl (C=O) groups is 5. The first kappa shape index (κ1) is 18.4. The van der Waals surface area contributed by atoms with Crippen LogP contribution in [0.4, 0.5) is 0 Å². The minimum atomic E-state index is -1.41. The molecule has 10 heteroatoms. The van der Waals surface area contributed by atoms with E-state index in [0.29, 0.717) is 0 Å². The van der Waals surface area contributed by atoms with E-state index in [1.807, 2.05) is 0 Å². The van der Waals surface area contributed by atoms with Crippen LogP contribution in [-0.2, 0) is 24.0 Å². The van der Waals surface area contributed by atoms with E-state index in [0.717, 1.165) is 6.92 Å². The molecule has 0 spiro atoms. The van der Waals surface area contributed by atoms with Crippen molar-refractivity contribution in [3.8, 4) is 0 Å². The smallest absolute Gasteiger partial charge is 0.326 e. The van der Waals surface area contributed by atoms with Gasteiger partial charge in [0.2, 0.25) is 17.7 Å². The highest BCUT2D eigenvalue weighted by atomic mass is 16.4. The number of nitrogens with two attached hydrogens (primary N) is 1. The van der Waals surface area contributed by atoms with E-state index in [2.05, 4.69) is 10.6 Å². The van der Waals surface area contributed by atoms with Gasteiger partial charge in [-0.15, -0.1) is 0 Å². The summed E-state index contributed by atoms with van der Waals surface area (Å²) in [4.78, 5) is 54.9. The van der Waals surface area contributed by atoms with Crippen molar-refractivity contribution in [3.63, 3.8) is 0 Å². The van der Waals surface area contributed by atoms with Gasteiger partial charge in [-0.3, -0.25) is 19.2 Å². The number of hydrogen-bond acceptors (Lipinski definition) is 5. The molecule has 6 N–H and O–H groups in total. The maximum atomic E-state index is 11.8. The summed E-state index contributed by atoms with van der Waals surface area (Å²) in [6.45, 7) is 1.09. The highest BCUT2D eigenvalue weighted by molar-refractivity contribution is 5.92. The van der Waals surface area contributed by atoms with Crippen molar-refractivity contribution in [2.45, 2.75) is 38.3 Å². The third kappa shape index (κ3) is 8.18. The Morgan fingerprint density at radius 1 is 1.05 bits per heavy atom. The lowest BCUT2D eigenvalue weighted by atomic mass is 10.1. The molecule has 0 unspecified atom stereocenters. The fourth-order valence-corrected chi connectivity index (χ4v) is 1.45. The second kappa shape index (κ2) is 8.51. The van der Waals surface area contributed by atoms with Gasteiger partial charge in [-0.25, -0.2) is 4.79 Å². The van der Waals surface area contributed by atoms with E-state index in [1.54, 1.807) is 0 Å². The highest BCUT2D eigenvalue weighted by Gasteiger charge is 2.27. The summed E-state index contributed by atoms with van der Waals surface area (Å²) in [7, 11) is 0. The van der Waals surface area contributed by atoms with Crippen LogP contribution in [0.5, 0.6) is 0 Å². The number of carbonyl (C=O) groups excluding carboxylic acids is 3. The minimum absolute atomic E-state index is 0.240. The number of rotatable bonds is 9. The maximum Gasteiger partial charge on any atom is 0.326 e.